The van der Waals surface area contributed by atoms with E-state index >= 15 is 0 Å². The van der Waals surface area contributed by atoms with Gasteiger partial charge >= 0.3 is 5.97 Å². The second kappa shape index (κ2) is 5.38. The van der Waals surface area contributed by atoms with Crippen molar-refractivity contribution in [3.05, 3.63) is 0 Å². The minimum atomic E-state index is -0.654. The fourth-order valence-corrected chi connectivity index (χ4v) is 3.05. The quantitative estimate of drug-likeness (QED) is 0.775. The van der Waals surface area contributed by atoms with Gasteiger partial charge in [0.15, 0.2) is 0 Å². The molecule has 0 aliphatic heterocycles. The van der Waals surface area contributed by atoms with Crippen molar-refractivity contribution in [3.8, 4) is 0 Å². The van der Waals surface area contributed by atoms with E-state index in [9.17, 15) is 9.90 Å². The summed E-state index contributed by atoms with van der Waals surface area (Å²) in [5.74, 6) is 1.36. The van der Waals surface area contributed by atoms with Gasteiger partial charge in [0.25, 0.3) is 0 Å². The highest BCUT2D eigenvalue weighted by Gasteiger charge is 2.38. The molecule has 0 aromatic carbocycles. The summed E-state index contributed by atoms with van der Waals surface area (Å²) in [4.78, 5) is 11.2. The molecule has 2 N–H and O–H groups in total. The van der Waals surface area contributed by atoms with E-state index < -0.39 is 5.97 Å². The van der Waals surface area contributed by atoms with Crippen LogP contribution >= 0.6 is 0 Å². The third kappa shape index (κ3) is 3.44. The van der Waals surface area contributed by atoms with Crippen molar-refractivity contribution >= 4 is 5.97 Å². The van der Waals surface area contributed by atoms with Crippen molar-refractivity contribution in [1.29, 1.82) is 0 Å². The van der Waals surface area contributed by atoms with Crippen LogP contribution in [0.3, 0.4) is 0 Å². The van der Waals surface area contributed by atoms with Crippen LogP contribution in [0.1, 0.15) is 52.4 Å². The molecule has 0 spiro atoms. The molecule has 0 aromatic heterocycles. The first-order chi connectivity index (χ1) is 8.08. The van der Waals surface area contributed by atoms with Crippen LogP contribution in [0.4, 0.5) is 0 Å². The maximum Gasteiger partial charge on any atom is 0.320 e. The molecular weight excluding hydrogens is 214 g/mol. The molecule has 0 radical (unpaired) electrons. The highest BCUT2D eigenvalue weighted by Crippen LogP contribution is 2.35. The molecule has 0 aromatic rings. The van der Waals surface area contributed by atoms with Gasteiger partial charge in [-0.2, -0.15) is 0 Å². The van der Waals surface area contributed by atoms with Gasteiger partial charge in [-0.3, -0.25) is 4.79 Å². The average molecular weight is 239 g/mol. The number of carbonyl (C=O) groups is 1. The van der Waals surface area contributed by atoms with Crippen LogP contribution in [0.25, 0.3) is 0 Å². The summed E-state index contributed by atoms with van der Waals surface area (Å²) in [6.07, 6.45) is 6.99. The summed E-state index contributed by atoms with van der Waals surface area (Å²) < 4.78 is 0. The third-order valence-corrected chi connectivity index (χ3v) is 4.49. The third-order valence-electron chi connectivity index (χ3n) is 4.49. The van der Waals surface area contributed by atoms with E-state index in [4.69, 9.17) is 0 Å². The van der Waals surface area contributed by atoms with Gasteiger partial charge in [-0.25, -0.2) is 0 Å². The molecule has 0 saturated heterocycles. The lowest BCUT2D eigenvalue weighted by Crippen LogP contribution is -2.46. The van der Waals surface area contributed by atoms with E-state index in [0.717, 1.165) is 37.5 Å². The lowest BCUT2D eigenvalue weighted by atomic mass is 9.79. The van der Waals surface area contributed by atoms with Crippen LogP contribution in [0.15, 0.2) is 0 Å². The molecule has 17 heavy (non-hydrogen) atoms. The van der Waals surface area contributed by atoms with Gasteiger partial charge in [0, 0.05) is 6.04 Å². The van der Waals surface area contributed by atoms with Crippen LogP contribution in [0.2, 0.25) is 0 Å². The Bertz CT molecular complexity index is 265. The molecule has 2 saturated carbocycles. The number of hydrogen-bond donors (Lipinski definition) is 2. The lowest BCUT2D eigenvalue weighted by Gasteiger charge is -2.33. The number of nitrogens with one attached hydrogen (secondary N) is 1. The molecule has 0 heterocycles. The molecule has 2 fully saturated rings. The van der Waals surface area contributed by atoms with Gasteiger partial charge in [0.2, 0.25) is 0 Å². The topological polar surface area (TPSA) is 49.3 Å². The Labute approximate surface area is 104 Å². The van der Waals surface area contributed by atoms with E-state index in [0.29, 0.717) is 12.0 Å². The first kappa shape index (κ1) is 12.9. The number of aliphatic carboxylic acids is 1. The molecule has 0 bridgehead atoms. The van der Waals surface area contributed by atoms with Crippen molar-refractivity contribution < 1.29 is 9.90 Å². The van der Waals surface area contributed by atoms with Crippen molar-refractivity contribution in [1.82, 2.24) is 5.32 Å². The Balaban J connectivity index is 1.78. The number of rotatable bonds is 5. The van der Waals surface area contributed by atoms with Gasteiger partial charge in [0.1, 0.15) is 6.04 Å². The van der Waals surface area contributed by atoms with Crippen LogP contribution in [-0.2, 0) is 4.79 Å². The number of hydrogen-bond acceptors (Lipinski definition) is 2. The van der Waals surface area contributed by atoms with Crippen molar-refractivity contribution in [2.75, 3.05) is 0 Å². The van der Waals surface area contributed by atoms with Crippen molar-refractivity contribution in [2.45, 2.75) is 64.5 Å². The summed E-state index contributed by atoms with van der Waals surface area (Å²) in [7, 11) is 0. The fraction of sp³-hybridized carbons (Fsp3) is 0.929. The zero-order valence-corrected chi connectivity index (χ0v) is 11.0. The normalized spacial score (nSPS) is 31.5. The minimum Gasteiger partial charge on any atom is -0.480 e. The molecule has 3 nitrogen and oxygen atoms in total. The summed E-state index contributed by atoms with van der Waals surface area (Å²) in [6.45, 7) is 4.59. The minimum absolute atomic E-state index is 0.282. The summed E-state index contributed by atoms with van der Waals surface area (Å²) >= 11 is 0. The number of carboxylic acid groups (broad SMARTS) is 1. The molecule has 2 aliphatic rings. The molecular formula is C14H25NO2. The van der Waals surface area contributed by atoms with Gasteiger partial charge in [0.05, 0.1) is 0 Å². The molecule has 2 aliphatic carbocycles. The SMILES string of the molecule is CC(C)C1CCC(NC(C(=O)O)C2CC2)CC1. The summed E-state index contributed by atoms with van der Waals surface area (Å²) in [6, 6.07) is 0.155. The molecule has 1 unspecified atom stereocenters. The molecule has 0 amide bonds. The predicted octanol–water partition coefficient (Wildman–Crippen LogP) is 2.65. The lowest BCUT2D eigenvalue weighted by molar-refractivity contribution is -0.140. The Morgan fingerprint density at radius 2 is 1.59 bits per heavy atom. The average Bonchev–Trinajstić information content (AvgIpc) is 3.10. The van der Waals surface area contributed by atoms with Gasteiger partial charge in [-0.15, -0.1) is 0 Å². The highest BCUT2D eigenvalue weighted by atomic mass is 16.4. The molecule has 98 valence electrons. The van der Waals surface area contributed by atoms with Crippen molar-refractivity contribution in [3.63, 3.8) is 0 Å². The van der Waals surface area contributed by atoms with Gasteiger partial charge in [-0.1, -0.05) is 13.8 Å². The maximum atomic E-state index is 11.2. The van der Waals surface area contributed by atoms with Crippen LogP contribution in [0, 0.1) is 17.8 Å². The Hall–Kier alpha value is -0.570. The van der Waals surface area contributed by atoms with E-state index in [1.54, 1.807) is 0 Å². The Kier molecular flexibility index (Phi) is 4.08. The highest BCUT2D eigenvalue weighted by molar-refractivity contribution is 5.74. The van der Waals surface area contributed by atoms with Crippen LogP contribution in [0.5, 0.6) is 0 Å². The first-order valence-electron chi connectivity index (χ1n) is 7.06. The Morgan fingerprint density at radius 1 is 1.06 bits per heavy atom. The van der Waals surface area contributed by atoms with Crippen LogP contribution < -0.4 is 5.32 Å². The molecule has 2 rings (SSSR count). The van der Waals surface area contributed by atoms with E-state index in [2.05, 4.69) is 19.2 Å². The molecule has 3 heteroatoms. The Morgan fingerprint density at radius 3 is 2.00 bits per heavy atom. The second-order valence-electron chi connectivity index (χ2n) is 6.18. The van der Waals surface area contributed by atoms with E-state index in [1.807, 2.05) is 0 Å². The second-order valence-corrected chi connectivity index (χ2v) is 6.18. The first-order valence-corrected chi connectivity index (χ1v) is 7.06. The summed E-state index contributed by atoms with van der Waals surface area (Å²) in [5.41, 5.74) is 0. The van der Waals surface area contributed by atoms with E-state index in [-0.39, 0.29) is 6.04 Å². The van der Waals surface area contributed by atoms with Crippen molar-refractivity contribution in [2.24, 2.45) is 17.8 Å². The van der Waals surface area contributed by atoms with Gasteiger partial charge in [-0.05, 0) is 56.3 Å². The van der Waals surface area contributed by atoms with E-state index in [1.165, 1.54) is 12.8 Å². The predicted molar refractivity (Wildman–Crippen MR) is 67.9 cm³/mol. The molecule has 1 atom stereocenters. The zero-order chi connectivity index (χ0) is 12.4. The standard InChI is InChI=1S/C14H25NO2/c1-9(2)10-5-7-12(8-6-10)15-13(14(16)17)11-3-4-11/h9-13,15H,3-8H2,1-2H3,(H,16,17). The zero-order valence-electron chi connectivity index (χ0n) is 11.0. The van der Waals surface area contributed by atoms with Gasteiger partial charge < -0.3 is 10.4 Å². The smallest absolute Gasteiger partial charge is 0.320 e. The summed E-state index contributed by atoms with van der Waals surface area (Å²) in [5, 5.41) is 12.6. The monoisotopic (exact) mass is 239 g/mol. The van der Waals surface area contributed by atoms with Crippen LogP contribution in [-0.4, -0.2) is 23.2 Å². The number of carboxylic acids is 1. The fourth-order valence-electron chi connectivity index (χ4n) is 3.05. The maximum absolute atomic E-state index is 11.2. The largest absolute Gasteiger partial charge is 0.480 e.